The van der Waals surface area contributed by atoms with Crippen molar-refractivity contribution >= 4 is 12.0 Å². The second-order valence-electron chi connectivity index (χ2n) is 6.52. The van der Waals surface area contributed by atoms with Gasteiger partial charge < -0.3 is 15.0 Å². The Labute approximate surface area is 138 Å². The summed E-state index contributed by atoms with van der Waals surface area (Å²) in [6, 6.07) is 0.637. The van der Waals surface area contributed by atoms with E-state index in [9.17, 15) is 4.79 Å². The van der Waals surface area contributed by atoms with Crippen molar-refractivity contribution in [1.82, 2.24) is 19.7 Å². The van der Waals surface area contributed by atoms with Crippen molar-refractivity contribution in [1.29, 1.82) is 0 Å². The molecule has 1 aromatic rings. The van der Waals surface area contributed by atoms with Crippen LogP contribution in [0.4, 0.5) is 10.7 Å². The highest BCUT2D eigenvalue weighted by Gasteiger charge is 2.38. The number of rotatable bonds is 5. The number of carbonyl (C=O) groups excluding carboxylic acids is 1. The summed E-state index contributed by atoms with van der Waals surface area (Å²) in [5.41, 5.74) is 0. The van der Waals surface area contributed by atoms with Gasteiger partial charge in [0.2, 0.25) is 5.95 Å². The molecule has 1 saturated heterocycles. The molecular weight excluding hydrogens is 294 g/mol. The number of carbonyl (C=O) groups is 1. The zero-order chi connectivity index (χ0) is 17.0. The van der Waals surface area contributed by atoms with Gasteiger partial charge in [0.25, 0.3) is 0 Å². The lowest BCUT2D eigenvalue weighted by Crippen LogP contribution is -2.55. The Morgan fingerprint density at radius 2 is 1.96 bits per heavy atom. The molecule has 7 nitrogen and oxygen atoms in total. The Bertz CT molecular complexity index is 502. The summed E-state index contributed by atoms with van der Waals surface area (Å²) >= 11 is 0. The maximum absolute atomic E-state index is 12.5. The fraction of sp³-hybridized carbons (Fsp3) is 0.812. The Kier molecular flexibility index (Phi) is 5.85. The van der Waals surface area contributed by atoms with Crippen LogP contribution in [0.25, 0.3) is 0 Å². The van der Waals surface area contributed by atoms with Gasteiger partial charge in [-0.1, -0.05) is 13.8 Å². The van der Waals surface area contributed by atoms with Gasteiger partial charge in [0.1, 0.15) is 6.33 Å². The summed E-state index contributed by atoms with van der Waals surface area (Å²) in [6.45, 7) is 8.02. The van der Waals surface area contributed by atoms with E-state index in [4.69, 9.17) is 4.74 Å². The molecule has 0 saturated carbocycles. The van der Waals surface area contributed by atoms with Crippen LogP contribution in [0, 0.1) is 0 Å². The van der Waals surface area contributed by atoms with Crippen LogP contribution >= 0.6 is 0 Å². The third kappa shape index (κ3) is 4.36. The first kappa shape index (κ1) is 17.6. The Hall–Kier alpha value is -1.79. The number of nitrogens with one attached hydrogen (secondary N) is 1. The molecule has 1 aromatic heterocycles. The molecule has 2 rings (SSSR count). The minimum atomic E-state index is -0.187. The third-order valence-electron chi connectivity index (χ3n) is 4.32. The van der Waals surface area contributed by atoms with Gasteiger partial charge >= 0.3 is 6.09 Å². The topological polar surface area (TPSA) is 72.3 Å². The van der Waals surface area contributed by atoms with E-state index in [1.807, 2.05) is 25.8 Å². The molecule has 1 aliphatic rings. The van der Waals surface area contributed by atoms with Crippen molar-refractivity contribution in [3.05, 3.63) is 6.33 Å². The van der Waals surface area contributed by atoms with Crippen LogP contribution in [0.5, 0.6) is 0 Å². The summed E-state index contributed by atoms with van der Waals surface area (Å²) < 4.78 is 7.14. The van der Waals surface area contributed by atoms with Gasteiger partial charge in [-0.2, -0.15) is 0 Å². The fourth-order valence-corrected chi connectivity index (χ4v) is 3.27. The molecule has 0 aromatic carbocycles. The summed E-state index contributed by atoms with van der Waals surface area (Å²) in [5, 5.41) is 7.70. The molecule has 0 spiro atoms. The van der Waals surface area contributed by atoms with Gasteiger partial charge in [-0.05, 0) is 39.5 Å². The third-order valence-corrected chi connectivity index (χ3v) is 4.32. The number of aromatic nitrogens is 3. The maximum atomic E-state index is 12.5. The first-order chi connectivity index (χ1) is 10.9. The molecule has 1 amide bonds. The largest absolute Gasteiger partial charge is 0.447 e. The Balaban J connectivity index is 2.08. The van der Waals surface area contributed by atoms with E-state index in [2.05, 4.69) is 29.2 Å². The lowest BCUT2D eigenvalue weighted by Gasteiger charge is -2.44. The molecule has 0 aliphatic carbocycles. The van der Waals surface area contributed by atoms with Gasteiger partial charge in [0.05, 0.1) is 6.10 Å². The molecule has 2 heterocycles. The second-order valence-corrected chi connectivity index (χ2v) is 6.52. The highest BCUT2D eigenvalue weighted by molar-refractivity contribution is 5.69. The molecule has 0 radical (unpaired) electrons. The predicted molar refractivity (Wildman–Crippen MR) is 89.3 cm³/mol. The van der Waals surface area contributed by atoms with Gasteiger partial charge in [-0.3, -0.25) is 4.68 Å². The minimum absolute atomic E-state index is 0.0916. The van der Waals surface area contributed by atoms with Crippen LogP contribution in [0.15, 0.2) is 6.33 Å². The summed E-state index contributed by atoms with van der Waals surface area (Å²) in [7, 11) is 1.85. The van der Waals surface area contributed by atoms with E-state index in [-0.39, 0.29) is 30.3 Å². The van der Waals surface area contributed by atoms with Crippen LogP contribution < -0.4 is 5.32 Å². The number of anilines is 1. The number of hydrogen-bond donors (Lipinski definition) is 1. The second kappa shape index (κ2) is 7.66. The van der Waals surface area contributed by atoms with Crippen LogP contribution in [0.1, 0.15) is 53.4 Å². The van der Waals surface area contributed by atoms with Gasteiger partial charge in [-0.25, -0.2) is 9.78 Å². The van der Waals surface area contributed by atoms with E-state index in [1.54, 1.807) is 11.0 Å². The zero-order valence-electron chi connectivity index (χ0n) is 14.8. The van der Waals surface area contributed by atoms with Crippen LogP contribution in [0.2, 0.25) is 0 Å². The number of amides is 1. The quantitative estimate of drug-likeness (QED) is 0.902. The van der Waals surface area contributed by atoms with Crippen LogP contribution in [-0.2, 0) is 11.8 Å². The number of hydrogen-bond acceptors (Lipinski definition) is 5. The standard InChI is InChI=1S/C16H29N5O2/c1-6-13-8-12(18-15-17-10-20(5)19-15)9-14(7-2)21(13)16(22)23-11(3)4/h10-14H,6-9H2,1-5H3,(H,18,19). The number of nitrogens with zero attached hydrogens (tertiary/aromatic N) is 4. The first-order valence-electron chi connectivity index (χ1n) is 8.55. The lowest BCUT2D eigenvalue weighted by molar-refractivity contribution is 0.0254. The van der Waals surface area contributed by atoms with Crippen molar-refractivity contribution in [2.24, 2.45) is 7.05 Å². The normalized spacial score (nSPS) is 24.8. The van der Waals surface area contributed by atoms with E-state index in [0.717, 1.165) is 25.7 Å². The summed E-state index contributed by atoms with van der Waals surface area (Å²) in [6.07, 6.45) is 5.01. The lowest BCUT2D eigenvalue weighted by atomic mass is 9.89. The first-order valence-corrected chi connectivity index (χ1v) is 8.55. The van der Waals surface area contributed by atoms with Crippen molar-refractivity contribution in [3.63, 3.8) is 0 Å². The van der Waals surface area contributed by atoms with Gasteiger partial charge in [0, 0.05) is 25.2 Å². The highest BCUT2D eigenvalue weighted by atomic mass is 16.6. The average Bonchev–Trinajstić information content (AvgIpc) is 2.90. The van der Waals surface area contributed by atoms with E-state index in [0.29, 0.717) is 5.95 Å². The predicted octanol–water partition coefficient (Wildman–Crippen LogP) is 2.79. The van der Waals surface area contributed by atoms with E-state index < -0.39 is 0 Å². The SMILES string of the molecule is CCC1CC(Nc2ncn(C)n2)CC(CC)N1C(=O)OC(C)C. The van der Waals surface area contributed by atoms with Crippen molar-refractivity contribution < 1.29 is 9.53 Å². The van der Waals surface area contributed by atoms with Crippen LogP contribution in [-0.4, -0.2) is 50.0 Å². The smallest absolute Gasteiger partial charge is 0.410 e. The minimum Gasteiger partial charge on any atom is -0.447 e. The summed E-state index contributed by atoms with van der Waals surface area (Å²) in [4.78, 5) is 18.7. The number of ether oxygens (including phenoxy) is 1. The number of piperidine rings is 1. The van der Waals surface area contributed by atoms with Gasteiger partial charge in [0.15, 0.2) is 0 Å². The molecule has 23 heavy (non-hydrogen) atoms. The number of aryl methyl sites for hydroxylation is 1. The Morgan fingerprint density at radius 3 is 2.39 bits per heavy atom. The van der Waals surface area contributed by atoms with Crippen molar-refractivity contribution in [3.8, 4) is 0 Å². The molecule has 0 bridgehead atoms. The molecule has 2 atom stereocenters. The summed E-state index contributed by atoms with van der Waals surface area (Å²) in [5.74, 6) is 0.653. The van der Waals surface area contributed by atoms with Crippen molar-refractivity contribution in [2.75, 3.05) is 5.32 Å². The molecule has 2 unspecified atom stereocenters. The van der Waals surface area contributed by atoms with Crippen molar-refractivity contribution in [2.45, 2.75) is 77.6 Å². The molecule has 1 N–H and O–H groups in total. The van der Waals surface area contributed by atoms with Crippen LogP contribution in [0.3, 0.4) is 0 Å². The number of likely N-dealkylation sites (tertiary alicyclic amines) is 1. The zero-order valence-corrected chi connectivity index (χ0v) is 14.8. The molecule has 130 valence electrons. The average molecular weight is 323 g/mol. The molecular formula is C16H29N5O2. The monoisotopic (exact) mass is 323 g/mol. The fourth-order valence-electron chi connectivity index (χ4n) is 3.27. The molecule has 1 aliphatic heterocycles. The molecule has 7 heteroatoms. The van der Waals surface area contributed by atoms with Gasteiger partial charge in [-0.15, -0.1) is 5.10 Å². The Morgan fingerprint density at radius 1 is 1.35 bits per heavy atom. The molecule has 1 fully saturated rings. The highest BCUT2D eigenvalue weighted by Crippen LogP contribution is 2.29. The van der Waals surface area contributed by atoms with E-state index >= 15 is 0 Å². The van der Waals surface area contributed by atoms with E-state index in [1.165, 1.54) is 0 Å². The maximum Gasteiger partial charge on any atom is 0.410 e.